The molecule has 3 nitrogen and oxygen atoms in total. The molecule has 0 aliphatic carbocycles. The minimum atomic E-state index is 0.979. The Morgan fingerprint density at radius 2 is 2.25 bits per heavy atom. The largest absolute Gasteiger partial charge is 0.350 e. The van der Waals surface area contributed by atoms with Gasteiger partial charge in [-0.15, -0.1) is 0 Å². The van der Waals surface area contributed by atoms with E-state index in [1.807, 2.05) is 0 Å². The third-order valence-electron chi connectivity index (χ3n) is 2.09. The number of nitrogens with one attached hydrogen (secondary N) is 1. The highest BCUT2D eigenvalue weighted by molar-refractivity contribution is 4.97. The van der Waals surface area contributed by atoms with E-state index in [-0.39, 0.29) is 0 Å². The summed E-state index contributed by atoms with van der Waals surface area (Å²) in [6.45, 7) is 7.35. The predicted molar refractivity (Wildman–Crippen MR) is 51.4 cm³/mol. The Labute approximate surface area is 75.0 Å². The fourth-order valence-corrected chi connectivity index (χ4v) is 1.43. The molecule has 0 spiro atoms. The van der Waals surface area contributed by atoms with Crippen molar-refractivity contribution in [2.45, 2.75) is 20.3 Å². The fraction of sp³-hybridized carbons (Fsp3) is 0.778. The Morgan fingerprint density at radius 3 is 2.83 bits per heavy atom. The average Bonchev–Trinajstić information content (AvgIpc) is 2.05. The molecule has 0 aromatic carbocycles. The molecule has 0 atom stereocenters. The number of hydrogen-bond donors (Lipinski definition) is 1. The molecule has 0 bridgehead atoms. The van der Waals surface area contributed by atoms with Gasteiger partial charge in [0.1, 0.15) is 0 Å². The standard InChI is InChI=1S/C9H19N3/c1-4-5-9(2)12-7-10-6-11(3)8-12/h5,10H,4,6-8H2,1-3H3. The van der Waals surface area contributed by atoms with Crippen molar-refractivity contribution < 1.29 is 0 Å². The number of allylic oxidation sites excluding steroid dienone is 2. The normalized spacial score (nSPS) is 21.6. The van der Waals surface area contributed by atoms with Crippen molar-refractivity contribution in [3.05, 3.63) is 11.8 Å². The molecule has 1 aliphatic rings. The van der Waals surface area contributed by atoms with Gasteiger partial charge in [-0.05, 0) is 20.4 Å². The van der Waals surface area contributed by atoms with Gasteiger partial charge in [0.05, 0.1) is 20.0 Å². The van der Waals surface area contributed by atoms with Crippen LogP contribution in [0.5, 0.6) is 0 Å². The van der Waals surface area contributed by atoms with Crippen LogP contribution < -0.4 is 5.32 Å². The van der Waals surface area contributed by atoms with E-state index in [1.165, 1.54) is 5.70 Å². The van der Waals surface area contributed by atoms with Crippen LogP contribution in [0.25, 0.3) is 0 Å². The lowest BCUT2D eigenvalue weighted by molar-refractivity contribution is 0.115. The van der Waals surface area contributed by atoms with Gasteiger partial charge in [0, 0.05) is 5.70 Å². The molecule has 0 radical (unpaired) electrons. The van der Waals surface area contributed by atoms with Crippen LogP contribution in [-0.4, -0.2) is 36.9 Å². The van der Waals surface area contributed by atoms with Crippen LogP contribution in [-0.2, 0) is 0 Å². The monoisotopic (exact) mass is 169 g/mol. The topological polar surface area (TPSA) is 18.5 Å². The lowest BCUT2D eigenvalue weighted by atomic mass is 10.3. The summed E-state index contributed by atoms with van der Waals surface area (Å²) in [5, 5.41) is 3.33. The summed E-state index contributed by atoms with van der Waals surface area (Å²) in [5.74, 6) is 0. The molecule has 12 heavy (non-hydrogen) atoms. The van der Waals surface area contributed by atoms with E-state index in [4.69, 9.17) is 0 Å². The first kappa shape index (κ1) is 9.55. The Kier molecular flexibility index (Phi) is 3.56. The Hall–Kier alpha value is -0.540. The molecular formula is C9H19N3. The molecule has 1 heterocycles. The van der Waals surface area contributed by atoms with Crippen LogP contribution in [0.2, 0.25) is 0 Å². The second-order valence-corrected chi connectivity index (χ2v) is 3.36. The van der Waals surface area contributed by atoms with Crippen molar-refractivity contribution >= 4 is 0 Å². The first-order chi connectivity index (χ1) is 5.74. The summed E-state index contributed by atoms with van der Waals surface area (Å²) in [6.07, 6.45) is 3.38. The van der Waals surface area contributed by atoms with E-state index in [9.17, 15) is 0 Å². The van der Waals surface area contributed by atoms with Gasteiger partial charge in [-0.2, -0.15) is 0 Å². The molecule has 1 N–H and O–H groups in total. The maximum atomic E-state index is 3.33. The van der Waals surface area contributed by atoms with Crippen LogP contribution in [0.4, 0.5) is 0 Å². The van der Waals surface area contributed by atoms with Gasteiger partial charge >= 0.3 is 0 Å². The number of nitrogens with zero attached hydrogens (tertiary/aromatic N) is 2. The van der Waals surface area contributed by atoms with Crippen LogP contribution >= 0.6 is 0 Å². The molecule has 1 saturated heterocycles. The second-order valence-electron chi connectivity index (χ2n) is 3.36. The third-order valence-corrected chi connectivity index (χ3v) is 2.09. The maximum Gasteiger partial charge on any atom is 0.0724 e. The first-order valence-electron chi connectivity index (χ1n) is 4.55. The van der Waals surface area contributed by atoms with Gasteiger partial charge in [-0.25, -0.2) is 0 Å². The minimum Gasteiger partial charge on any atom is -0.350 e. The molecule has 1 fully saturated rings. The van der Waals surface area contributed by atoms with Crippen molar-refractivity contribution in [1.82, 2.24) is 15.1 Å². The third kappa shape index (κ3) is 2.50. The van der Waals surface area contributed by atoms with E-state index in [2.05, 4.69) is 42.1 Å². The SMILES string of the molecule is CCC=C(C)N1CNCN(C)C1. The highest BCUT2D eigenvalue weighted by Gasteiger charge is 2.12. The van der Waals surface area contributed by atoms with Crippen LogP contribution in [0.1, 0.15) is 20.3 Å². The molecule has 0 aromatic heterocycles. The summed E-state index contributed by atoms with van der Waals surface area (Å²) >= 11 is 0. The van der Waals surface area contributed by atoms with Crippen molar-refractivity contribution in [2.24, 2.45) is 0 Å². The van der Waals surface area contributed by atoms with Gasteiger partial charge in [-0.1, -0.05) is 13.0 Å². The van der Waals surface area contributed by atoms with E-state index < -0.39 is 0 Å². The van der Waals surface area contributed by atoms with Crippen LogP contribution in [0.15, 0.2) is 11.8 Å². The molecule has 0 unspecified atom stereocenters. The lowest BCUT2D eigenvalue weighted by Crippen LogP contribution is -2.50. The Bertz CT molecular complexity index is 165. The zero-order chi connectivity index (χ0) is 8.97. The van der Waals surface area contributed by atoms with Crippen molar-refractivity contribution in [3.63, 3.8) is 0 Å². The van der Waals surface area contributed by atoms with E-state index >= 15 is 0 Å². The molecule has 3 heteroatoms. The Balaban J connectivity index is 2.45. The van der Waals surface area contributed by atoms with Crippen molar-refractivity contribution in [2.75, 3.05) is 27.1 Å². The molecule has 1 rings (SSSR count). The zero-order valence-corrected chi connectivity index (χ0v) is 8.30. The quantitative estimate of drug-likeness (QED) is 0.665. The number of hydrogen-bond acceptors (Lipinski definition) is 3. The lowest BCUT2D eigenvalue weighted by Gasteiger charge is -2.35. The summed E-state index contributed by atoms with van der Waals surface area (Å²) in [6, 6.07) is 0. The molecule has 70 valence electrons. The molecule has 0 aromatic rings. The second kappa shape index (κ2) is 4.48. The van der Waals surface area contributed by atoms with E-state index in [1.54, 1.807) is 0 Å². The van der Waals surface area contributed by atoms with Crippen LogP contribution in [0.3, 0.4) is 0 Å². The zero-order valence-electron chi connectivity index (χ0n) is 8.30. The fourth-order valence-electron chi connectivity index (χ4n) is 1.43. The van der Waals surface area contributed by atoms with Gasteiger partial charge in [-0.3, -0.25) is 10.2 Å². The summed E-state index contributed by atoms with van der Waals surface area (Å²) in [4.78, 5) is 4.60. The highest BCUT2D eigenvalue weighted by atomic mass is 15.4. The Morgan fingerprint density at radius 1 is 1.50 bits per heavy atom. The van der Waals surface area contributed by atoms with Crippen LogP contribution in [0, 0.1) is 0 Å². The molecule has 1 aliphatic heterocycles. The smallest absolute Gasteiger partial charge is 0.0724 e. The predicted octanol–water partition coefficient (Wildman–Crippen LogP) is 1.01. The molecule has 0 amide bonds. The van der Waals surface area contributed by atoms with Gasteiger partial charge in [0.15, 0.2) is 0 Å². The average molecular weight is 169 g/mol. The number of rotatable bonds is 2. The van der Waals surface area contributed by atoms with Gasteiger partial charge < -0.3 is 4.90 Å². The van der Waals surface area contributed by atoms with Crippen molar-refractivity contribution in [3.8, 4) is 0 Å². The van der Waals surface area contributed by atoms with Crippen molar-refractivity contribution in [1.29, 1.82) is 0 Å². The summed E-state index contributed by atoms with van der Waals surface area (Å²) < 4.78 is 0. The summed E-state index contributed by atoms with van der Waals surface area (Å²) in [7, 11) is 2.12. The van der Waals surface area contributed by atoms with Gasteiger partial charge in [0.2, 0.25) is 0 Å². The van der Waals surface area contributed by atoms with E-state index in [0.29, 0.717) is 0 Å². The highest BCUT2D eigenvalue weighted by Crippen LogP contribution is 2.06. The first-order valence-corrected chi connectivity index (χ1v) is 4.55. The summed E-state index contributed by atoms with van der Waals surface area (Å²) in [5.41, 5.74) is 1.37. The van der Waals surface area contributed by atoms with Gasteiger partial charge in [0.25, 0.3) is 0 Å². The molecular weight excluding hydrogens is 150 g/mol. The minimum absolute atomic E-state index is 0.979. The maximum absolute atomic E-state index is 3.33. The molecule has 0 saturated carbocycles. The van der Waals surface area contributed by atoms with E-state index in [0.717, 1.165) is 26.4 Å².